The maximum atomic E-state index is 12.5. The number of primary amides is 5. The molecule has 5 saturated heterocycles. The number of hydrogen-bond acceptors (Lipinski definition) is 20. The van der Waals surface area contributed by atoms with Crippen LogP contribution in [0.1, 0.15) is 328 Å². The molecule has 0 aromatic heterocycles. The molecule has 5 aromatic carbocycles. The van der Waals surface area contributed by atoms with Gasteiger partial charge in [-0.15, -0.1) is 0 Å². The summed E-state index contributed by atoms with van der Waals surface area (Å²) in [6.07, 6.45) is 38.4. The third-order valence-electron chi connectivity index (χ3n) is 38.6. The second-order valence-electron chi connectivity index (χ2n) is 45.9. The molecule has 732 valence electrons. The first kappa shape index (κ1) is 95.9. The molecule has 8 saturated carbocycles. The highest BCUT2D eigenvalue weighted by Gasteiger charge is 2.68. The molecule has 5 aliphatic heterocycles. The minimum atomic E-state index is -0.956. The smallest absolute Gasteiger partial charge is 0.252 e. The number of piperidine rings is 5. The van der Waals surface area contributed by atoms with Crippen LogP contribution in [0.5, 0.6) is 28.7 Å². The fourth-order valence-electron chi connectivity index (χ4n) is 31.5. The first-order valence-corrected chi connectivity index (χ1v) is 51.8. The average molecular weight is 1860 g/mol. The van der Waals surface area contributed by atoms with Crippen molar-refractivity contribution in [2.75, 3.05) is 65.4 Å². The summed E-state index contributed by atoms with van der Waals surface area (Å²) in [7, 11) is 0. The summed E-state index contributed by atoms with van der Waals surface area (Å²) in [5.41, 5.74) is 44.7. The van der Waals surface area contributed by atoms with Gasteiger partial charge < -0.3 is 75.3 Å². The lowest BCUT2D eigenvalue weighted by Crippen LogP contribution is -2.74. The van der Waals surface area contributed by atoms with E-state index in [1.165, 1.54) is 107 Å². The number of Topliss-reactive ketones (excluding diaryl/α,β-unsaturated/α-hetero) is 1. The van der Waals surface area contributed by atoms with Gasteiger partial charge in [-0.2, -0.15) is 0 Å². The first-order chi connectivity index (χ1) is 65.0. The fourth-order valence-corrected chi connectivity index (χ4v) is 31.5. The molecule has 20 N–H and O–H groups in total. The van der Waals surface area contributed by atoms with E-state index in [1.54, 1.807) is 30.3 Å². The Balaban J connectivity index is 0.000000109. The Bertz CT molecular complexity index is 5630. The second-order valence-corrected chi connectivity index (χ2v) is 45.9. The number of hydrogen-bond donors (Lipinski definition) is 14. The number of carbonyl (C=O) groups excluding carboxylic acids is 6. The molecule has 13 fully saturated rings. The summed E-state index contributed by atoms with van der Waals surface area (Å²) < 4.78 is 0. The van der Waals surface area contributed by atoms with Crippen LogP contribution in [0.3, 0.4) is 0 Å². The average Bonchev–Trinajstić information content (AvgIpc) is 0.700. The molecule has 25 heteroatoms. The van der Waals surface area contributed by atoms with E-state index in [0.717, 1.165) is 216 Å². The van der Waals surface area contributed by atoms with Crippen molar-refractivity contribution in [3.8, 4) is 28.7 Å². The number of nitrogens with zero attached hydrogens (tertiary/aromatic N) is 5. The summed E-state index contributed by atoms with van der Waals surface area (Å²) >= 11 is 0. The molecule has 17 atom stereocenters. The Morgan fingerprint density at radius 1 is 0.390 bits per heavy atom. The third kappa shape index (κ3) is 16.0. The molecule has 5 amide bonds. The molecule has 1 unspecified atom stereocenters. The number of aliphatic hydroxyl groups is 3. The Labute approximate surface area is 801 Å². The number of aromatic hydroxyl groups is 5. The highest BCUT2D eigenvalue weighted by molar-refractivity contribution is 5.99. The van der Waals surface area contributed by atoms with Crippen LogP contribution < -0.4 is 34.4 Å². The maximum absolute atomic E-state index is 12.5. The number of phenols is 5. The van der Waals surface area contributed by atoms with Crippen LogP contribution in [0.4, 0.5) is 0 Å². The van der Waals surface area contributed by atoms with Gasteiger partial charge in [-0.3, -0.25) is 53.3 Å². The number of fused-ring (bicyclic) bond motifs is 5. The van der Waals surface area contributed by atoms with Gasteiger partial charge in [0.1, 0.15) is 34.5 Å². The molecule has 25 nitrogen and oxygen atoms in total. The zero-order valence-corrected chi connectivity index (χ0v) is 80.7. The van der Waals surface area contributed by atoms with Crippen molar-refractivity contribution in [2.24, 2.45) is 69.9 Å². The van der Waals surface area contributed by atoms with E-state index in [0.29, 0.717) is 99.2 Å². The van der Waals surface area contributed by atoms with E-state index in [4.69, 9.17) is 34.4 Å². The summed E-state index contributed by atoms with van der Waals surface area (Å²) in [5.74, 6) is 1.34. The normalized spacial score (nSPS) is 33.7. The molecule has 5 heterocycles. The third-order valence-corrected chi connectivity index (χ3v) is 38.6. The molecular formula is C111H149N11O14. The number of allylic oxidation sites excluding steroid dienone is 3. The molecule has 5 aromatic rings. The summed E-state index contributed by atoms with van der Waals surface area (Å²) in [5, 5.41) is 89.7. The van der Waals surface area contributed by atoms with Gasteiger partial charge in [-0.1, -0.05) is 97.9 Å². The van der Waals surface area contributed by atoms with Crippen LogP contribution in [0.2, 0.25) is 0 Å². The highest BCUT2D eigenvalue weighted by Crippen LogP contribution is 2.66. The van der Waals surface area contributed by atoms with Crippen molar-refractivity contribution in [1.82, 2.24) is 24.5 Å². The molecular weight excluding hydrogens is 1710 g/mol. The van der Waals surface area contributed by atoms with E-state index in [9.17, 15) is 69.6 Å². The van der Waals surface area contributed by atoms with Gasteiger partial charge in [0.25, 0.3) is 29.5 Å². The van der Waals surface area contributed by atoms with Crippen molar-refractivity contribution in [3.05, 3.63) is 180 Å². The zero-order valence-electron chi connectivity index (χ0n) is 80.7. The quantitative estimate of drug-likeness (QED) is 0.0433. The van der Waals surface area contributed by atoms with Gasteiger partial charge in [-0.05, 0) is 334 Å². The van der Waals surface area contributed by atoms with Crippen molar-refractivity contribution in [1.29, 1.82) is 0 Å². The Kier molecular flexibility index (Phi) is 26.0. The minimum absolute atomic E-state index is 0.0101. The number of rotatable bonds is 15. The van der Waals surface area contributed by atoms with Gasteiger partial charge >= 0.3 is 0 Å². The summed E-state index contributed by atoms with van der Waals surface area (Å²) in [6, 6.07) is 19.6. The predicted molar refractivity (Wildman–Crippen MR) is 523 cm³/mol. The molecule has 18 aliphatic rings. The number of benzene rings is 5. The van der Waals surface area contributed by atoms with Crippen molar-refractivity contribution in [2.45, 2.75) is 333 Å². The van der Waals surface area contributed by atoms with Crippen molar-refractivity contribution < 1.29 is 69.6 Å². The second kappa shape index (κ2) is 36.9. The Hall–Kier alpha value is -9.02. The lowest BCUT2D eigenvalue weighted by Gasteiger charge is -2.65. The van der Waals surface area contributed by atoms with Gasteiger partial charge in [0.2, 0.25) is 0 Å². The van der Waals surface area contributed by atoms with Gasteiger partial charge in [0, 0.05) is 137 Å². The van der Waals surface area contributed by atoms with E-state index >= 15 is 0 Å². The molecule has 10 bridgehead atoms. The largest absolute Gasteiger partial charge is 0.507 e. The number of aliphatic hydroxyl groups excluding tert-OH is 1. The van der Waals surface area contributed by atoms with E-state index in [-0.39, 0.29) is 97.3 Å². The number of ketones is 1. The highest BCUT2D eigenvalue weighted by atomic mass is 16.3. The van der Waals surface area contributed by atoms with Crippen molar-refractivity contribution >= 4 is 35.3 Å². The van der Waals surface area contributed by atoms with Crippen LogP contribution >= 0.6 is 0 Å². The molecule has 23 rings (SSSR count). The number of likely N-dealkylation sites (tertiary alicyclic amines) is 5. The fraction of sp³-hybridized carbons (Fsp3) is 0.622. The van der Waals surface area contributed by atoms with Crippen molar-refractivity contribution in [3.63, 3.8) is 0 Å². The summed E-state index contributed by atoms with van der Waals surface area (Å²) in [6.45, 7) is 22.7. The Morgan fingerprint density at radius 3 is 1.27 bits per heavy atom. The maximum Gasteiger partial charge on any atom is 0.252 e. The standard InChI is InChI=1S/C23H30N2O3.C22H31N3O3.C22H30N2O3.C22H28N2O3.C22H30N2O2/c1-14(2)7-10-25-11-9-22-13-15(3)6-8-23(22,28)18(25)12-16-4-5-17(21(24)27)20(26)19(16)22;23-15-6-7-22(28)17-10-14-4-5-16(20(24)27)19(26)18(14)21(22,11-15)8-9-25(17)12-13-2-1-3-13;23-21(27)16-6-4-14-10-18-17-7-5-15(25)11-22(17,19(14)20(16)26)8-9-24(18)12-13-2-1-3-13;1-13(2)7-9-24-10-8-22-12-15(25)4-6-17(22)18(24)11-14-3-5-16(21(23)27)20(26)19(14)22;23-21(26)16-8-7-15-12-18-17-6-1-2-9-22(17,19(15)20(16)25)10-11-24(18)13-14-4-3-5-14/h4-5,7,18,26,28H,3,6,8-13H2,1-2H3,(H2,24,27);4-5,13,15,17,26,28H,1-3,6-12,23H2,(H2,24,27);4,6,13,15,17-18,25-26H,1-3,5,7-12H2,(H2,23,27);3,5,7,17-18,26H,4,6,8-12H2,1-2H3,(H2,23,27);7-8,14,17-18,25H,1-6,9-13H2,(H2,23,26)/t18-,22-,23-;15?,17-,21-,22-;15-,17+,18-,22+;17-,18+,22-;17-,18+,22+/m11100/s1. The lowest BCUT2D eigenvalue weighted by molar-refractivity contribution is -0.172. The minimum Gasteiger partial charge on any atom is -0.507 e. The number of nitrogens with two attached hydrogens (primary N) is 6. The SMILES string of the molecule is C=C1CC[C@@]2(O)[C@H]3Cc4ccc(C(N)=O)c(O)c4[C@@]2(CCN3CC=C(C)C)C1.CC(C)=CCN1CC[C@]23CC(=O)CC[C@H]2[C@H]1Cc1ccc(C(N)=O)c(O)c13.NC(=O)c1ccc2c(c1O)[C@@]13CCCC[C@H]1[C@@H](C2)N(CC1CCC1)CC3.NC(=O)c1ccc2c(c1O)[C@]13CCN(CC4CCC4)[C@H](C2)[C@@H]1CC[C@@H](O)C3.NC(=O)c1ccc2c(c1O)[C@]13CCN(CC4CCC4)[C@H](C2)[C@]1(O)CCC(N)C3. The van der Waals surface area contributed by atoms with Crippen LogP contribution in [0, 0.1) is 35.5 Å². The predicted octanol–water partition coefficient (Wildman–Crippen LogP) is 12.6. The molecule has 13 aliphatic carbocycles. The van der Waals surface area contributed by atoms with Crippen LogP contribution in [-0.2, 0) is 64.0 Å². The topological polar surface area (TPSA) is 437 Å². The van der Waals surface area contributed by atoms with Crippen LogP contribution in [0.15, 0.2) is 96.1 Å². The van der Waals surface area contributed by atoms with Crippen LogP contribution in [-0.4, -0.2) is 220 Å². The van der Waals surface area contributed by atoms with E-state index in [1.807, 2.05) is 24.3 Å². The number of amides is 5. The summed E-state index contributed by atoms with van der Waals surface area (Å²) in [4.78, 5) is 84.5. The Morgan fingerprint density at radius 2 is 0.779 bits per heavy atom. The molecule has 0 spiro atoms. The zero-order chi connectivity index (χ0) is 95.9. The lowest BCUT2D eigenvalue weighted by atomic mass is 9.48. The first-order valence-electron chi connectivity index (χ1n) is 51.8. The molecule has 136 heavy (non-hydrogen) atoms. The van der Waals surface area contributed by atoms with Crippen LogP contribution in [0.25, 0.3) is 0 Å². The van der Waals surface area contributed by atoms with Gasteiger partial charge in [0.15, 0.2) is 0 Å². The number of carbonyl (C=O) groups is 6. The molecule has 0 radical (unpaired) electrons. The van der Waals surface area contributed by atoms with E-state index < -0.39 is 51.6 Å². The van der Waals surface area contributed by atoms with E-state index in [2.05, 4.69) is 77.0 Å². The van der Waals surface area contributed by atoms with Gasteiger partial charge in [-0.25, -0.2) is 0 Å². The monoisotopic (exact) mass is 1860 g/mol. The van der Waals surface area contributed by atoms with Gasteiger partial charge in [0.05, 0.1) is 45.1 Å².